The van der Waals surface area contributed by atoms with Crippen LogP contribution >= 0.6 is 0 Å². The Bertz CT molecular complexity index is 1690. The van der Waals surface area contributed by atoms with Crippen molar-refractivity contribution in [3.63, 3.8) is 0 Å². The van der Waals surface area contributed by atoms with Crippen LogP contribution < -0.4 is 10.6 Å². The molecule has 10 unspecified atom stereocenters. The van der Waals surface area contributed by atoms with Crippen LogP contribution in [0.5, 0.6) is 0 Å². The number of nitrogens with zero attached hydrogens (tertiary/aromatic N) is 4. The molecule has 2 heterocycles. The zero-order valence-electron chi connectivity index (χ0n) is 30.6. The summed E-state index contributed by atoms with van der Waals surface area (Å²) in [5, 5.41) is 13.4. The number of hydrogen-bond acceptors (Lipinski definition) is 4. The Balaban J connectivity index is 0.000000162. The number of alkyl halides is 4. The largest absolute Gasteiger partial charge is 0.325 e. The molecule has 0 saturated heterocycles. The summed E-state index contributed by atoms with van der Waals surface area (Å²) in [6.45, 7) is 9.13. The normalized spacial score (nSPS) is 32.3. The van der Waals surface area contributed by atoms with E-state index >= 15 is 0 Å². The summed E-state index contributed by atoms with van der Waals surface area (Å²) < 4.78 is 55.2. The summed E-state index contributed by atoms with van der Waals surface area (Å²) in [6, 6.07) is 0. The number of rotatable bonds is 8. The first-order chi connectivity index (χ1) is 24.8. The summed E-state index contributed by atoms with van der Waals surface area (Å²) in [7, 11) is 3.09. The van der Waals surface area contributed by atoms with Crippen molar-refractivity contribution in [2.75, 3.05) is 0 Å². The van der Waals surface area contributed by atoms with Crippen LogP contribution in [0.15, 0.2) is 60.2 Å². The van der Waals surface area contributed by atoms with Crippen molar-refractivity contribution in [2.24, 2.45) is 85.1 Å². The highest BCUT2D eigenvalue weighted by molar-refractivity contribution is 5.97. The molecule has 0 spiro atoms. The van der Waals surface area contributed by atoms with Crippen LogP contribution in [0.2, 0.25) is 0 Å². The SMILES string of the molecule is CC(C)C1C2CCC1C1C(NC(=O)c3cn(C)nc3C(F)F)=CC=CC21.CC(C)C1C2CCC1C1C(NC(=O)c3cn(C)nc3C(F)F)=CC=CC21. The van der Waals surface area contributed by atoms with Gasteiger partial charge in [0.15, 0.2) is 0 Å². The third-order valence-corrected chi connectivity index (χ3v) is 13.0. The predicted octanol–water partition coefficient (Wildman–Crippen LogP) is 8.17. The Kier molecular flexibility index (Phi) is 9.88. The van der Waals surface area contributed by atoms with Crippen LogP contribution in [-0.4, -0.2) is 31.4 Å². The van der Waals surface area contributed by atoms with E-state index in [1.807, 2.05) is 24.3 Å². The van der Waals surface area contributed by atoms with E-state index in [9.17, 15) is 27.2 Å². The monoisotopic (exact) mass is 722 g/mol. The molecule has 8 nitrogen and oxygen atoms in total. The van der Waals surface area contributed by atoms with Gasteiger partial charge in [0.05, 0.1) is 11.1 Å². The fourth-order valence-electron chi connectivity index (χ4n) is 11.5. The number of carbonyl (C=O) groups is 2. The minimum atomic E-state index is -2.77. The average molecular weight is 723 g/mol. The van der Waals surface area contributed by atoms with Gasteiger partial charge in [-0.25, -0.2) is 17.6 Å². The molecule has 10 atom stereocenters. The highest BCUT2D eigenvalue weighted by Crippen LogP contribution is 2.62. The van der Waals surface area contributed by atoms with Crippen LogP contribution in [0.3, 0.4) is 0 Å². The highest BCUT2D eigenvalue weighted by atomic mass is 19.3. The number of aryl methyl sites for hydroxylation is 2. The van der Waals surface area contributed by atoms with Gasteiger partial charge in [0.25, 0.3) is 24.7 Å². The summed E-state index contributed by atoms with van der Waals surface area (Å²) in [5.41, 5.74) is 0.757. The Morgan fingerprint density at radius 3 is 1.37 bits per heavy atom. The fourth-order valence-corrected chi connectivity index (χ4v) is 11.5. The fraction of sp³-hybridized carbons (Fsp3) is 0.600. The van der Waals surface area contributed by atoms with Crippen molar-refractivity contribution in [1.82, 2.24) is 30.2 Å². The van der Waals surface area contributed by atoms with E-state index in [0.29, 0.717) is 71.0 Å². The van der Waals surface area contributed by atoms with E-state index < -0.39 is 36.1 Å². The van der Waals surface area contributed by atoms with E-state index in [1.54, 1.807) is 14.1 Å². The highest BCUT2D eigenvalue weighted by Gasteiger charge is 2.57. The van der Waals surface area contributed by atoms with E-state index in [-0.39, 0.29) is 11.1 Å². The van der Waals surface area contributed by atoms with Crippen molar-refractivity contribution in [1.29, 1.82) is 0 Å². The molecule has 280 valence electrons. The van der Waals surface area contributed by atoms with E-state index in [2.05, 4.69) is 60.7 Å². The van der Waals surface area contributed by atoms with Gasteiger partial charge in [-0.2, -0.15) is 10.2 Å². The molecule has 4 bridgehead atoms. The van der Waals surface area contributed by atoms with Gasteiger partial charge in [0.2, 0.25) is 0 Å². The number of amides is 2. The smallest absolute Gasteiger partial charge is 0.282 e. The molecule has 12 heteroatoms. The molecule has 4 saturated carbocycles. The van der Waals surface area contributed by atoms with Gasteiger partial charge < -0.3 is 10.6 Å². The lowest BCUT2D eigenvalue weighted by atomic mass is 9.75. The van der Waals surface area contributed by atoms with Crippen molar-refractivity contribution in [2.45, 2.75) is 66.2 Å². The maximum atomic E-state index is 13.2. The lowest BCUT2D eigenvalue weighted by Crippen LogP contribution is -2.34. The molecule has 2 aromatic heterocycles. The second-order valence-corrected chi connectivity index (χ2v) is 16.4. The summed E-state index contributed by atoms with van der Waals surface area (Å²) in [5.74, 6) is 5.53. The first-order valence-corrected chi connectivity index (χ1v) is 18.8. The number of allylic oxidation sites excluding steroid dienone is 8. The Morgan fingerprint density at radius 1 is 0.654 bits per heavy atom. The van der Waals surface area contributed by atoms with Gasteiger partial charge in [-0.1, -0.05) is 52.0 Å². The summed E-state index contributed by atoms with van der Waals surface area (Å²) in [4.78, 5) is 25.4. The second kappa shape index (κ2) is 14.1. The molecule has 6 aliphatic carbocycles. The molecule has 2 amide bonds. The Hall–Kier alpha value is -3.96. The molecule has 52 heavy (non-hydrogen) atoms. The minimum absolute atomic E-state index is 0.0435. The number of hydrogen-bond donors (Lipinski definition) is 2. The van der Waals surface area contributed by atoms with E-state index in [1.165, 1.54) is 47.4 Å². The maximum absolute atomic E-state index is 13.2. The average Bonchev–Trinajstić information content (AvgIpc) is 3.94. The minimum Gasteiger partial charge on any atom is -0.325 e. The van der Waals surface area contributed by atoms with Crippen molar-refractivity contribution in [3.05, 3.63) is 82.8 Å². The number of carbonyl (C=O) groups excluding carboxylic acids is 2. The molecule has 0 radical (unpaired) electrons. The first kappa shape index (κ1) is 36.4. The van der Waals surface area contributed by atoms with E-state index in [0.717, 1.165) is 11.4 Å². The zero-order valence-corrected chi connectivity index (χ0v) is 30.6. The first-order valence-electron chi connectivity index (χ1n) is 18.8. The molecule has 2 N–H and O–H groups in total. The van der Waals surface area contributed by atoms with Crippen molar-refractivity contribution in [3.8, 4) is 0 Å². The molecule has 6 aliphatic rings. The molecule has 0 aromatic carbocycles. The van der Waals surface area contributed by atoms with Gasteiger partial charge in [-0.15, -0.1) is 0 Å². The number of halogens is 4. The second-order valence-electron chi connectivity index (χ2n) is 16.4. The lowest BCUT2D eigenvalue weighted by molar-refractivity contribution is 0.0934. The van der Waals surface area contributed by atoms with Gasteiger partial charge in [0, 0.05) is 49.7 Å². The maximum Gasteiger partial charge on any atom is 0.282 e. The lowest BCUT2D eigenvalue weighted by Gasteiger charge is -2.33. The van der Waals surface area contributed by atoms with Gasteiger partial charge in [-0.3, -0.25) is 19.0 Å². The van der Waals surface area contributed by atoms with Crippen LogP contribution in [0.25, 0.3) is 0 Å². The molecule has 0 aliphatic heterocycles. The molecule has 4 fully saturated rings. The third-order valence-electron chi connectivity index (χ3n) is 13.0. The van der Waals surface area contributed by atoms with Crippen LogP contribution in [0, 0.1) is 71.0 Å². The van der Waals surface area contributed by atoms with Crippen molar-refractivity contribution >= 4 is 11.8 Å². The number of nitrogens with one attached hydrogen (secondary N) is 2. The number of aromatic nitrogens is 4. The topological polar surface area (TPSA) is 93.8 Å². The molecular weight excluding hydrogens is 672 g/mol. The molecule has 2 aromatic rings. The number of fused-ring (bicyclic) bond motifs is 10. The summed E-state index contributed by atoms with van der Waals surface area (Å²) in [6.07, 6.45) is 14.5. The van der Waals surface area contributed by atoms with E-state index in [4.69, 9.17) is 0 Å². The standard InChI is InChI=1S/2C20H25F2N3O/c2*1-10(2)16-12-7-8-13(16)17-11(12)5-4-6-15(17)23-20(26)14-9-25(3)24-18(14)19(21)22/h2*4-6,9-13,16-17,19H,7-8H2,1-3H3,(H,23,26). The van der Waals surface area contributed by atoms with Crippen molar-refractivity contribution < 1.29 is 27.2 Å². The van der Waals surface area contributed by atoms with Gasteiger partial charge >= 0.3 is 0 Å². The zero-order chi connectivity index (χ0) is 37.2. The molecular formula is C40H50F4N6O2. The predicted molar refractivity (Wildman–Crippen MR) is 189 cm³/mol. The van der Waals surface area contributed by atoms with Gasteiger partial charge in [-0.05, 0) is 97.0 Å². The molecule has 8 rings (SSSR count). The Labute approximate surface area is 302 Å². The van der Waals surface area contributed by atoms with Gasteiger partial charge in [0.1, 0.15) is 11.4 Å². The van der Waals surface area contributed by atoms with Crippen LogP contribution in [-0.2, 0) is 14.1 Å². The quantitative estimate of drug-likeness (QED) is 0.269. The van der Waals surface area contributed by atoms with Crippen LogP contribution in [0.1, 0.15) is 98.3 Å². The Morgan fingerprint density at radius 2 is 1.02 bits per heavy atom. The van der Waals surface area contributed by atoms with Crippen LogP contribution in [0.4, 0.5) is 17.6 Å². The third kappa shape index (κ3) is 6.27. The summed E-state index contributed by atoms with van der Waals surface area (Å²) >= 11 is 0.